The first-order chi connectivity index (χ1) is 11.8. The van der Waals surface area contributed by atoms with Gasteiger partial charge in [0.25, 0.3) is 11.2 Å². The first kappa shape index (κ1) is 18.7. The molecule has 0 aliphatic rings. The van der Waals surface area contributed by atoms with Crippen molar-refractivity contribution < 1.29 is 9.72 Å². The zero-order valence-corrected chi connectivity index (χ0v) is 15.0. The number of nitro benzene ring substituents is 1. The van der Waals surface area contributed by atoms with Crippen molar-refractivity contribution in [2.24, 2.45) is 0 Å². The lowest BCUT2D eigenvalue weighted by Gasteiger charge is -2.13. The van der Waals surface area contributed by atoms with Gasteiger partial charge in [-0.1, -0.05) is 0 Å². The third-order valence-electron chi connectivity index (χ3n) is 3.66. The van der Waals surface area contributed by atoms with Crippen molar-refractivity contribution in [3.8, 4) is 0 Å². The Morgan fingerprint density at radius 2 is 1.96 bits per heavy atom. The fourth-order valence-corrected chi connectivity index (χ4v) is 3.22. The number of non-ortho nitro benzene ring substituents is 1. The molecule has 0 saturated heterocycles. The third kappa shape index (κ3) is 4.93. The molecule has 1 amide bonds. The van der Waals surface area contributed by atoms with Gasteiger partial charge in [-0.25, -0.2) is 0 Å². The predicted octanol–water partition coefficient (Wildman–Crippen LogP) is 2.70. The number of hydrogen-bond donors (Lipinski definition) is 2. The number of hydrogen-bond acceptors (Lipinski definition) is 5. The molecule has 0 radical (unpaired) electrons. The van der Waals surface area contributed by atoms with Gasteiger partial charge < -0.3 is 10.3 Å². The quantitative estimate of drug-likeness (QED) is 0.467. The molecule has 0 bridgehead atoms. The standard InChI is InChI=1S/C17H19N3O4S/c1-10-8-11(2)19-17(22)15(10)9-18-16(21)12(3)25-14-6-4-13(5-7-14)20(23)24/h4-8,12H,9H2,1-3H3,(H,18,21)(H,19,22)/t12-/m0/s1. The van der Waals surface area contributed by atoms with Gasteiger partial charge in [-0.05, 0) is 44.5 Å². The number of aromatic nitrogens is 1. The van der Waals surface area contributed by atoms with Crippen molar-refractivity contribution in [2.45, 2.75) is 37.5 Å². The summed E-state index contributed by atoms with van der Waals surface area (Å²) in [5.74, 6) is -0.206. The van der Waals surface area contributed by atoms with E-state index in [4.69, 9.17) is 0 Å². The van der Waals surface area contributed by atoms with Crippen LogP contribution in [-0.4, -0.2) is 21.1 Å². The van der Waals surface area contributed by atoms with Gasteiger partial charge in [0.15, 0.2) is 0 Å². The van der Waals surface area contributed by atoms with Crippen LogP contribution >= 0.6 is 11.8 Å². The largest absolute Gasteiger partial charge is 0.351 e. The number of amides is 1. The minimum Gasteiger partial charge on any atom is -0.351 e. The van der Waals surface area contributed by atoms with Crippen LogP contribution in [0, 0.1) is 24.0 Å². The molecule has 7 nitrogen and oxygen atoms in total. The number of nitrogens with one attached hydrogen (secondary N) is 2. The van der Waals surface area contributed by atoms with Gasteiger partial charge in [0.2, 0.25) is 5.91 Å². The Morgan fingerprint density at radius 3 is 2.52 bits per heavy atom. The van der Waals surface area contributed by atoms with E-state index in [0.29, 0.717) is 5.56 Å². The Labute approximate surface area is 149 Å². The number of carbonyl (C=O) groups excluding carboxylic acids is 1. The van der Waals surface area contributed by atoms with Crippen LogP contribution in [0.4, 0.5) is 5.69 Å². The first-order valence-corrected chi connectivity index (χ1v) is 8.54. The fraction of sp³-hybridized carbons (Fsp3) is 0.294. The number of aryl methyl sites for hydroxylation is 2. The molecular weight excluding hydrogens is 342 g/mol. The summed E-state index contributed by atoms with van der Waals surface area (Å²) in [7, 11) is 0. The number of nitro groups is 1. The highest BCUT2D eigenvalue weighted by Gasteiger charge is 2.16. The first-order valence-electron chi connectivity index (χ1n) is 7.66. The SMILES string of the molecule is Cc1cc(C)c(CNC(=O)[C@H](C)Sc2ccc([N+](=O)[O-])cc2)c(=O)[nH]1. The van der Waals surface area contributed by atoms with Crippen molar-refractivity contribution in [1.82, 2.24) is 10.3 Å². The molecule has 2 N–H and O–H groups in total. The van der Waals surface area contributed by atoms with Crippen LogP contribution < -0.4 is 10.9 Å². The van der Waals surface area contributed by atoms with E-state index in [1.54, 1.807) is 26.0 Å². The average molecular weight is 361 g/mol. The van der Waals surface area contributed by atoms with E-state index in [2.05, 4.69) is 10.3 Å². The van der Waals surface area contributed by atoms with Crippen LogP contribution in [0.25, 0.3) is 0 Å². The summed E-state index contributed by atoms with van der Waals surface area (Å²) < 4.78 is 0. The summed E-state index contributed by atoms with van der Waals surface area (Å²) in [5.41, 5.74) is 1.95. The molecule has 1 aromatic heterocycles. The molecule has 2 rings (SSSR count). The fourth-order valence-electron chi connectivity index (χ4n) is 2.32. The van der Waals surface area contributed by atoms with Crippen LogP contribution in [0.3, 0.4) is 0 Å². The smallest absolute Gasteiger partial charge is 0.269 e. The number of nitrogens with zero attached hydrogens (tertiary/aromatic N) is 1. The monoisotopic (exact) mass is 361 g/mol. The van der Waals surface area contributed by atoms with Crippen LogP contribution in [0.2, 0.25) is 0 Å². The number of pyridine rings is 1. The van der Waals surface area contributed by atoms with E-state index < -0.39 is 10.2 Å². The number of carbonyl (C=O) groups is 1. The van der Waals surface area contributed by atoms with Crippen molar-refractivity contribution in [1.29, 1.82) is 0 Å². The lowest BCUT2D eigenvalue weighted by molar-refractivity contribution is -0.384. The summed E-state index contributed by atoms with van der Waals surface area (Å²) in [6.07, 6.45) is 0. The molecule has 25 heavy (non-hydrogen) atoms. The summed E-state index contributed by atoms with van der Waals surface area (Å²) >= 11 is 1.30. The van der Waals surface area contributed by atoms with Gasteiger partial charge in [-0.3, -0.25) is 19.7 Å². The maximum absolute atomic E-state index is 12.2. The van der Waals surface area contributed by atoms with Crippen molar-refractivity contribution in [2.75, 3.05) is 0 Å². The lowest BCUT2D eigenvalue weighted by atomic mass is 10.1. The molecule has 0 spiro atoms. The second kappa shape index (κ2) is 7.98. The van der Waals surface area contributed by atoms with Gasteiger partial charge in [-0.2, -0.15) is 0 Å². The highest BCUT2D eigenvalue weighted by molar-refractivity contribution is 8.00. The van der Waals surface area contributed by atoms with Crippen LogP contribution in [0.1, 0.15) is 23.7 Å². The summed E-state index contributed by atoms with van der Waals surface area (Å²) in [6.45, 7) is 5.54. The molecule has 8 heteroatoms. The molecule has 0 saturated carbocycles. The highest BCUT2D eigenvalue weighted by atomic mass is 32.2. The second-order valence-corrected chi connectivity index (χ2v) is 7.09. The lowest BCUT2D eigenvalue weighted by Crippen LogP contribution is -2.33. The Balaban J connectivity index is 1.96. The van der Waals surface area contributed by atoms with E-state index in [1.807, 2.05) is 13.0 Å². The van der Waals surface area contributed by atoms with Gasteiger partial charge >= 0.3 is 0 Å². The molecule has 132 valence electrons. The molecule has 0 aliphatic heterocycles. The maximum Gasteiger partial charge on any atom is 0.269 e. The van der Waals surface area contributed by atoms with Gasteiger partial charge in [0.05, 0.1) is 10.2 Å². The van der Waals surface area contributed by atoms with Gasteiger partial charge in [0, 0.05) is 34.8 Å². The van der Waals surface area contributed by atoms with Crippen molar-refractivity contribution in [3.05, 3.63) is 67.6 Å². The zero-order valence-electron chi connectivity index (χ0n) is 14.2. The number of benzene rings is 1. The third-order valence-corrected chi connectivity index (χ3v) is 4.77. The zero-order chi connectivity index (χ0) is 18.6. The minimum absolute atomic E-state index is 0.00975. The van der Waals surface area contributed by atoms with Crippen molar-refractivity contribution >= 4 is 23.4 Å². The van der Waals surface area contributed by atoms with Crippen LogP contribution in [0.5, 0.6) is 0 Å². The summed E-state index contributed by atoms with van der Waals surface area (Å²) in [4.78, 5) is 37.8. The Kier molecular flexibility index (Phi) is 5.97. The predicted molar refractivity (Wildman–Crippen MR) is 96.8 cm³/mol. The Hall–Kier alpha value is -2.61. The summed E-state index contributed by atoms with van der Waals surface area (Å²) in [5, 5.41) is 13.0. The number of aromatic amines is 1. The molecule has 0 fully saturated rings. The molecule has 1 aromatic carbocycles. The Bertz CT molecular complexity index is 846. The average Bonchev–Trinajstić information content (AvgIpc) is 2.54. The van der Waals surface area contributed by atoms with Crippen LogP contribution in [-0.2, 0) is 11.3 Å². The van der Waals surface area contributed by atoms with E-state index in [0.717, 1.165) is 16.2 Å². The van der Waals surface area contributed by atoms with E-state index in [-0.39, 0.29) is 23.7 Å². The maximum atomic E-state index is 12.2. The minimum atomic E-state index is -0.466. The topological polar surface area (TPSA) is 105 Å². The van der Waals surface area contributed by atoms with E-state index >= 15 is 0 Å². The molecule has 0 aliphatic carbocycles. The molecule has 1 heterocycles. The number of thioether (sulfide) groups is 1. The molecule has 2 aromatic rings. The number of rotatable bonds is 6. The second-order valence-electron chi connectivity index (χ2n) is 5.67. The normalized spacial score (nSPS) is 11.8. The Morgan fingerprint density at radius 1 is 1.32 bits per heavy atom. The van der Waals surface area contributed by atoms with Crippen molar-refractivity contribution in [3.63, 3.8) is 0 Å². The highest BCUT2D eigenvalue weighted by Crippen LogP contribution is 2.25. The summed E-state index contributed by atoms with van der Waals surface area (Å²) in [6, 6.07) is 7.89. The molecule has 0 unspecified atom stereocenters. The van der Waals surface area contributed by atoms with E-state index in [1.165, 1.54) is 23.9 Å². The molecule has 1 atom stereocenters. The van der Waals surface area contributed by atoms with Gasteiger partial charge in [-0.15, -0.1) is 11.8 Å². The van der Waals surface area contributed by atoms with Gasteiger partial charge in [0.1, 0.15) is 0 Å². The van der Waals surface area contributed by atoms with Crippen LogP contribution in [0.15, 0.2) is 40.0 Å². The van der Waals surface area contributed by atoms with E-state index in [9.17, 15) is 19.7 Å². The number of H-pyrrole nitrogens is 1. The molecular formula is C17H19N3O4S.